The minimum absolute atomic E-state index is 0.289. The zero-order chi connectivity index (χ0) is 23.4. The normalized spacial score (nSPS) is 30.6. The first-order valence-electron chi connectivity index (χ1n) is 12.1. The average molecular weight is 457 g/mol. The molecule has 0 aliphatic carbocycles. The maximum absolute atomic E-state index is 10.6. The van der Waals surface area contributed by atoms with Gasteiger partial charge in [-0.3, -0.25) is 0 Å². The number of aliphatic hydroxyl groups is 2. The van der Waals surface area contributed by atoms with E-state index in [0.717, 1.165) is 36.8 Å². The average Bonchev–Trinajstić information content (AvgIpc) is 2.84. The first kappa shape index (κ1) is 24.3. The summed E-state index contributed by atoms with van der Waals surface area (Å²) in [5.74, 6) is 0. The number of hydrogen-bond acceptors (Lipinski definition) is 6. The lowest BCUT2D eigenvalue weighted by atomic mass is 9.95. The summed E-state index contributed by atoms with van der Waals surface area (Å²) >= 11 is 0. The largest absolute Gasteiger partial charge is 0.394 e. The molecular weight excluding hydrogens is 420 g/mol. The minimum Gasteiger partial charge on any atom is -0.394 e. The van der Waals surface area contributed by atoms with Crippen molar-refractivity contribution in [2.75, 3.05) is 6.61 Å². The van der Waals surface area contributed by atoms with Crippen molar-refractivity contribution >= 4 is 0 Å². The SMILES string of the molecule is CCCc1ccc(C2OC(C(O)CO)C3OC(c4ccc(CCC)cc4)OC(C)C3O2)cc1. The summed E-state index contributed by atoms with van der Waals surface area (Å²) < 4.78 is 24.9. The zero-order valence-electron chi connectivity index (χ0n) is 19.7. The van der Waals surface area contributed by atoms with E-state index >= 15 is 0 Å². The van der Waals surface area contributed by atoms with Gasteiger partial charge in [0, 0.05) is 11.1 Å². The molecule has 2 heterocycles. The van der Waals surface area contributed by atoms with E-state index < -0.39 is 43.6 Å². The van der Waals surface area contributed by atoms with E-state index in [1.165, 1.54) is 11.1 Å². The fourth-order valence-electron chi connectivity index (χ4n) is 4.63. The topological polar surface area (TPSA) is 77.4 Å². The van der Waals surface area contributed by atoms with Crippen LogP contribution in [0.1, 0.15) is 68.4 Å². The molecule has 4 rings (SSSR count). The Kier molecular flexibility index (Phi) is 8.17. The van der Waals surface area contributed by atoms with Crippen molar-refractivity contribution in [1.82, 2.24) is 0 Å². The van der Waals surface area contributed by atoms with Gasteiger partial charge >= 0.3 is 0 Å². The Bertz CT molecular complexity index is 867. The van der Waals surface area contributed by atoms with Crippen molar-refractivity contribution in [3.63, 3.8) is 0 Å². The molecule has 2 N–H and O–H groups in total. The number of aryl methyl sites for hydroxylation is 2. The Labute approximate surface area is 196 Å². The maximum atomic E-state index is 10.6. The third-order valence-corrected chi connectivity index (χ3v) is 6.44. The molecule has 2 saturated heterocycles. The molecule has 2 aliphatic rings. The molecule has 6 heteroatoms. The third-order valence-electron chi connectivity index (χ3n) is 6.44. The number of benzene rings is 2. The predicted molar refractivity (Wildman–Crippen MR) is 125 cm³/mol. The van der Waals surface area contributed by atoms with Crippen LogP contribution in [0.3, 0.4) is 0 Å². The zero-order valence-corrected chi connectivity index (χ0v) is 19.7. The lowest BCUT2D eigenvalue weighted by Gasteiger charge is -2.49. The minimum atomic E-state index is -1.10. The molecule has 2 aromatic rings. The highest BCUT2D eigenvalue weighted by atomic mass is 16.8. The first-order valence-corrected chi connectivity index (χ1v) is 12.1. The van der Waals surface area contributed by atoms with E-state index in [4.69, 9.17) is 18.9 Å². The van der Waals surface area contributed by atoms with Crippen LogP contribution in [0.15, 0.2) is 48.5 Å². The molecule has 2 fully saturated rings. The summed E-state index contributed by atoms with van der Waals surface area (Å²) in [6, 6.07) is 16.4. The molecule has 0 saturated carbocycles. The Hall–Kier alpha value is -1.80. The van der Waals surface area contributed by atoms with E-state index in [-0.39, 0.29) is 6.10 Å². The number of hydrogen-bond donors (Lipinski definition) is 2. The quantitative estimate of drug-likeness (QED) is 0.619. The van der Waals surface area contributed by atoms with Crippen LogP contribution in [0.2, 0.25) is 0 Å². The highest BCUT2D eigenvalue weighted by Crippen LogP contribution is 2.41. The molecule has 6 nitrogen and oxygen atoms in total. The van der Waals surface area contributed by atoms with Crippen LogP contribution in [0, 0.1) is 0 Å². The van der Waals surface area contributed by atoms with Crippen LogP contribution in [0.4, 0.5) is 0 Å². The van der Waals surface area contributed by atoms with E-state index in [9.17, 15) is 10.2 Å². The summed E-state index contributed by atoms with van der Waals surface area (Å²) in [4.78, 5) is 0. The summed E-state index contributed by atoms with van der Waals surface area (Å²) in [6.45, 7) is 5.84. The van der Waals surface area contributed by atoms with Crippen molar-refractivity contribution in [2.45, 2.75) is 89.6 Å². The summed E-state index contributed by atoms with van der Waals surface area (Å²) in [5.41, 5.74) is 4.30. The molecule has 33 heavy (non-hydrogen) atoms. The number of fused-ring (bicyclic) bond motifs is 1. The Morgan fingerprint density at radius 3 is 1.70 bits per heavy atom. The van der Waals surface area contributed by atoms with Gasteiger partial charge in [0.2, 0.25) is 0 Å². The van der Waals surface area contributed by atoms with E-state index in [2.05, 4.69) is 38.1 Å². The molecule has 2 aliphatic heterocycles. The van der Waals surface area contributed by atoms with Gasteiger partial charge in [-0.25, -0.2) is 0 Å². The van der Waals surface area contributed by atoms with Crippen LogP contribution in [-0.4, -0.2) is 47.3 Å². The van der Waals surface area contributed by atoms with Crippen molar-refractivity contribution in [2.24, 2.45) is 0 Å². The van der Waals surface area contributed by atoms with Gasteiger partial charge in [0.1, 0.15) is 24.4 Å². The Morgan fingerprint density at radius 2 is 1.21 bits per heavy atom. The monoisotopic (exact) mass is 456 g/mol. The number of aliphatic hydroxyl groups excluding tert-OH is 2. The van der Waals surface area contributed by atoms with E-state index in [1.54, 1.807) is 0 Å². The molecule has 0 amide bonds. The molecule has 2 aromatic carbocycles. The lowest BCUT2D eigenvalue weighted by molar-refractivity contribution is -0.388. The fourth-order valence-corrected chi connectivity index (χ4v) is 4.63. The molecule has 0 radical (unpaired) electrons. The maximum Gasteiger partial charge on any atom is 0.184 e. The molecule has 0 bridgehead atoms. The standard InChI is InChI=1S/C27H36O6/c1-4-6-18-8-12-20(13-9-18)26-30-17(3)23-25(33-26)24(22(29)16-28)32-27(31-23)21-14-10-19(7-5-2)11-15-21/h8-15,17,22-29H,4-7,16H2,1-3H3. The molecule has 0 aromatic heterocycles. The van der Waals surface area contributed by atoms with Gasteiger partial charge in [-0.2, -0.15) is 0 Å². The first-order chi connectivity index (χ1) is 16.0. The number of rotatable bonds is 8. The van der Waals surface area contributed by atoms with Gasteiger partial charge in [-0.1, -0.05) is 75.2 Å². The second-order valence-corrected chi connectivity index (χ2v) is 9.04. The van der Waals surface area contributed by atoms with Crippen LogP contribution in [0.5, 0.6) is 0 Å². The summed E-state index contributed by atoms with van der Waals surface area (Å²) in [6.07, 6.45) is -0.202. The molecule has 0 spiro atoms. The van der Waals surface area contributed by atoms with Gasteiger partial charge in [0.25, 0.3) is 0 Å². The van der Waals surface area contributed by atoms with Gasteiger partial charge < -0.3 is 29.2 Å². The molecule has 7 unspecified atom stereocenters. The molecular formula is C27H36O6. The van der Waals surface area contributed by atoms with Gasteiger partial charge in [0.15, 0.2) is 12.6 Å². The van der Waals surface area contributed by atoms with Gasteiger partial charge in [0.05, 0.1) is 12.7 Å². The summed E-state index contributed by atoms with van der Waals surface area (Å²) in [5, 5.41) is 20.3. The van der Waals surface area contributed by atoms with Crippen molar-refractivity contribution in [3.05, 3.63) is 70.8 Å². The smallest absolute Gasteiger partial charge is 0.184 e. The van der Waals surface area contributed by atoms with Crippen molar-refractivity contribution < 1.29 is 29.2 Å². The third kappa shape index (κ3) is 5.48. The Balaban J connectivity index is 1.54. The van der Waals surface area contributed by atoms with E-state index in [1.807, 2.05) is 31.2 Å². The van der Waals surface area contributed by atoms with Crippen LogP contribution < -0.4 is 0 Å². The Morgan fingerprint density at radius 1 is 0.727 bits per heavy atom. The van der Waals surface area contributed by atoms with E-state index in [0.29, 0.717) is 0 Å². The second-order valence-electron chi connectivity index (χ2n) is 9.04. The van der Waals surface area contributed by atoms with Gasteiger partial charge in [-0.15, -0.1) is 0 Å². The fraction of sp³-hybridized carbons (Fsp3) is 0.556. The van der Waals surface area contributed by atoms with Crippen LogP contribution in [0.25, 0.3) is 0 Å². The van der Waals surface area contributed by atoms with Crippen molar-refractivity contribution in [1.29, 1.82) is 0 Å². The predicted octanol–water partition coefficient (Wildman–Crippen LogP) is 4.23. The highest BCUT2D eigenvalue weighted by Gasteiger charge is 2.50. The van der Waals surface area contributed by atoms with Crippen LogP contribution in [-0.2, 0) is 31.8 Å². The second kappa shape index (κ2) is 11.1. The lowest BCUT2D eigenvalue weighted by Crippen LogP contribution is -2.60. The van der Waals surface area contributed by atoms with Crippen LogP contribution >= 0.6 is 0 Å². The summed E-state index contributed by atoms with van der Waals surface area (Å²) in [7, 11) is 0. The van der Waals surface area contributed by atoms with Crippen molar-refractivity contribution in [3.8, 4) is 0 Å². The highest BCUT2D eigenvalue weighted by molar-refractivity contribution is 5.25. The molecule has 7 atom stereocenters. The number of ether oxygens (including phenoxy) is 4. The van der Waals surface area contributed by atoms with Gasteiger partial charge in [-0.05, 0) is 30.9 Å². The molecule has 180 valence electrons.